The Balaban J connectivity index is 2.82. The van der Waals surface area contributed by atoms with Gasteiger partial charge in [0.1, 0.15) is 5.75 Å². The van der Waals surface area contributed by atoms with Gasteiger partial charge in [-0.15, -0.1) is 0 Å². The van der Waals surface area contributed by atoms with Crippen LogP contribution in [0.25, 0.3) is 6.08 Å². The molecule has 1 aromatic carbocycles. The number of carboxylic acid groups (broad SMARTS) is 1. The molecule has 0 bridgehead atoms. The molecule has 0 aromatic heterocycles. The summed E-state index contributed by atoms with van der Waals surface area (Å²) < 4.78 is 4.63. The zero-order valence-corrected chi connectivity index (χ0v) is 8.75. The fourth-order valence-corrected chi connectivity index (χ4v) is 1.09. The highest BCUT2D eigenvalue weighted by molar-refractivity contribution is 5.84. The van der Waals surface area contributed by atoms with Crippen LogP contribution in [0, 0.1) is 0 Å². The molecule has 0 aliphatic rings. The zero-order chi connectivity index (χ0) is 12.0. The summed E-state index contributed by atoms with van der Waals surface area (Å²) >= 11 is 0. The molecule has 0 amide bonds. The Morgan fingerprint density at radius 2 is 2.06 bits per heavy atom. The van der Waals surface area contributed by atoms with Crippen LogP contribution in [0.4, 0.5) is 0 Å². The van der Waals surface area contributed by atoms with Gasteiger partial charge in [-0.25, -0.2) is 4.79 Å². The minimum atomic E-state index is -1.13. The first-order valence-corrected chi connectivity index (χ1v) is 4.59. The lowest BCUT2D eigenvalue weighted by Crippen LogP contribution is -2.01. The van der Waals surface area contributed by atoms with Crippen LogP contribution in [-0.2, 0) is 9.53 Å². The number of rotatable bonds is 4. The number of allylic oxidation sites excluding steroid dienone is 2. The van der Waals surface area contributed by atoms with Gasteiger partial charge >= 0.3 is 5.97 Å². The van der Waals surface area contributed by atoms with Crippen LogP contribution in [0.2, 0.25) is 0 Å². The van der Waals surface area contributed by atoms with E-state index in [0.29, 0.717) is 5.56 Å². The highest BCUT2D eigenvalue weighted by Gasteiger charge is 2.03. The fourth-order valence-electron chi connectivity index (χ4n) is 1.09. The Morgan fingerprint density at radius 3 is 2.62 bits per heavy atom. The predicted molar refractivity (Wildman–Crippen MR) is 59.9 cm³/mol. The van der Waals surface area contributed by atoms with Gasteiger partial charge < -0.3 is 14.9 Å². The van der Waals surface area contributed by atoms with Gasteiger partial charge in [-0.2, -0.15) is 0 Å². The molecular weight excluding hydrogens is 208 g/mol. The second kappa shape index (κ2) is 5.60. The lowest BCUT2D eigenvalue weighted by Gasteiger charge is -1.98. The first-order valence-electron chi connectivity index (χ1n) is 4.59. The van der Waals surface area contributed by atoms with Crippen molar-refractivity contribution in [2.24, 2.45) is 0 Å². The normalized spacial score (nSPS) is 11.7. The Morgan fingerprint density at radius 1 is 1.38 bits per heavy atom. The van der Waals surface area contributed by atoms with Gasteiger partial charge in [0.25, 0.3) is 0 Å². The van der Waals surface area contributed by atoms with E-state index < -0.39 is 5.97 Å². The second-order valence-electron chi connectivity index (χ2n) is 2.96. The average molecular weight is 220 g/mol. The van der Waals surface area contributed by atoms with Crippen LogP contribution in [-0.4, -0.2) is 23.3 Å². The van der Waals surface area contributed by atoms with E-state index in [-0.39, 0.29) is 11.5 Å². The number of phenols is 1. The van der Waals surface area contributed by atoms with Crippen molar-refractivity contribution < 1.29 is 19.7 Å². The van der Waals surface area contributed by atoms with Crippen LogP contribution >= 0.6 is 0 Å². The van der Waals surface area contributed by atoms with Crippen molar-refractivity contribution in [2.75, 3.05) is 7.11 Å². The molecule has 0 aliphatic heterocycles. The number of methoxy groups -OCH3 is 1. The maximum atomic E-state index is 10.6. The first-order chi connectivity index (χ1) is 7.65. The standard InChI is InChI=1S/C12H12O4/c1-16-11(12(14)15)8-4-6-9-5-2-3-7-10(9)13/h2-8,13H,1H3,(H,14,15)/b6-4+,11-8-. The van der Waals surface area contributed by atoms with Gasteiger partial charge in [0.2, 0.25) is 5.76 Å². The summed E-state index contributed by atoms with van der Waals surface area (Å²) in [5.41, 5.74) is 0.611. The number of para-hydroxylation sites is 1. The summed E-state index contributed by atoms with van der Waals surface area (Å²) in [7, 11) is 1.29. The molecular formula is C12H12O4. The summed E-state index contributed by atoms with van der Waals surface area (Å²) in [4.78, 5) is 10.6. The third-order valence-corrected chi connectivity index (χ3v) is 1.89. The highest BCUT2D eigenvalue weighted by Crippen LogP contribution is 2.17. The van der Waals surface area contributed by atoms with Crippen molar-refractivity contribution in [2.45, 2.75) is 0 Å². The Labute approximate surface area is 93.1 Å². The molecule has 0 radical (unpaired) electrons. The molecule has 4 nitrogen and oxygen atoms in total. The summed E-state index contributed by atoms with van der Waals surface area (Å²) in [6.45, 7) is 0. The molecule has 0 spiro atoms. The van der Waals surface area contributed by atoms with Crippen LogP contribution in [0.15, 0.2) is 42.2 Å². The van der Waals surface area contributed by atoms with Crippen molar-refractivity contribution in [3.8, 4) is 5.75 Å². The van der Waals surface area contributed by atoms with E-state index in [1.165, 1.54) is 19.3 Å². The molecule has 0 saturated heterocycles. The number of carboxylic acids is 1. The van der Waals surface area contributed by atoms with E-state index >= 15 is 0 Å². The molecule has 16 heavy (non-hydrogen) atoms. The summed E-state index contributed by atoms with van der Waals surface area (Å²) in [6.07, 6.45) is 4.41. The number of aliphatic carboxylic acids is 1. The quantitative estimate of drug-likeness (QED) is 0.463. The number of phenolic OH excluding ortho intramolecular Hbond substituents is 1. The molecule has 0 heterocycles. The summed E-state index contributed by atoms with van der Waals surface area (Å²) in [5.74, 6) is -1.16. The van der Waals surface area contributed by atoms with Crippen molar-refractivity contribution >= 4 is 12.0 Å². The Kier molecular flexibility index (Phi) is 4.15. The summed E-state index contributed by atoms with van der Waals surface area (Å²) in [5, 5.41) is 18.1. The molecule has 1 aromatic rings. The van der Waals surface area contributed by atoms with E-state index in [1.807, 2.05) is 0 Å². The second-order valence-corrected chi connectivity index (χ2v) is 2.96. The smallest absolute Gasteiger partial charge is 0.371 e. The van der Waals surface area contributed by atoms with E-state index in [0.717, 1.165) is 0 Å². The fraction of sp³-hybridized carbons (Fsp3) is 0.0833. The van der Waals surface area contributed by atoms with Crippen molar-refractivity contribution in [1.82, 2.24) is 0 Å². The van der Waals surface area contributed by atoms with Crippen LogP contribution in [0.1, 0.15) is 5.56 Å². The highest BCUT2D eigenvalue weighted by atomic mass is 16.5. The molecule has 0 unspecified atom stereocenters. The number of hydrogen-bond donors (Lipinski definition) is 2. The minimum absolute atomic E-state index is 0.140. The molecule has 0 aliphatic carbocycles. The van der Waals surface area contributed by atoms with Gasteiger partial charge in [0, 0.05) is 5.56 Å². The predicted octanol–water partition coefficient (Wildman–Crippen LogP) is 2.02. The van der Waals surface area contributed by atoms with Crippen molar-refractivity contribution in [1.29, 1.82) is 0 Å². The molecule has 1 rings (SSSR count). The van der Waals surface area contributed by atoms with Gasteiger partial charge in [0.05, 0.1) is 7.11 Å². The maximum Gasteiger partial charge on any atom is 0.371 e. The number of carbonyl (C=O) groups is 1. The third-order valence-electron chi connectivity index (χ3n) is 1.89. The Hall–Kier alpha value is -2.23. The largest absolute Gasteiger partial charge is 0.507 e. The van der Waals surface area contributed by atoms with Gasteiger partial charge in [-0.05, 0) is 12.1 Å². The lowest BCUT2D eigenvalue weighted by molar-refractivity contribution is -0.136. The minimum Gasteiger partial charge on any atom is -0.507 e. The molecule has 0 atom stereocenters. The molecule has 4 heteroatoms. The summed E-state index contributed by atoms with van der Waals surface area (Å²) in [6, 6.07) is 6.75. The topological polar surface area (TPSA) is 66.8 Å². The van der Waals surface area contributed by atoms with E-state index in [4.69, 9.17) is 5.11 Å². The lowest BCUT2D eigenvalue weighted by atomic mass is 10.2. The number of ether oxygens (including phenoxy) is 1. The van der Waals surface area contributed by atoms with Crippen molar-refractivity contribution in [3.05, 3.63) is 47.7 Å². The van der Waals surface area contributed by atoms with Crippen LogP contribution in [0.3, 0.4) is 0 Å². The number of aromatic hydroxyl groups is 1. The third kappa shape index (κ3) is 3.16. The maximum absolute atomic E-state index is 10.6. The zero-order valence-electron chi connectivity index (χ0n) is 8.75. The van der Waals surface area contributed by atoms with Crippen LogP contribution in [0.5, 0.6) is 5.75 Å². The van der Waals surface area contributed by atoms with Crippen LogP contribution < -0.4 is 0 Å². The Bertz CT molecular complexity index is 432. The first kappa shape index (κ1) is 11.8. The van der Waals surface area contributed by atoms with E-state index in [2.05, 4.69) is 4.74 Å². The molecule has 0 fully saturated rings. The number of benzene rings is 1. The molecule has 0 saturated carbocycles. The van der Waals surface area contributed by atoms with Gasteiger partial charge in [0.15, 0.2) is 0 Å². The van der Waals surface area contributed by atoms with E-state index in [9.17, 15) is 9.90 Å². The molecule has 84 valence electrons. The van der Waals surface area contributed by atoms with Gasteiger partial charge in [-0.1, -0.05) is 30.4 Å². The average Bonchev–Trinajstić information content (AvgIpc) is 2.26. The van der Waals surface area contributed by atoms with Gasteiger partial charge in [-0.3, -0.25) is 0 Å². The monoisotopic (exact) mass is 220 g/mol. The molecule has 2 N–H and O–H groups in total. The van der Waals surface area contributed by atoms with E-state index in [1.54, 1.807) is 30.3 Å². The van der Waals surface area contributed by atoms with Crippen molar-refractivity contribution in [3.63, 3.8) is 0 Å². The number of hydrogen-bond acceptors (Lipinski definition) is 3. The SMILES string of the molecule is CO/C(=C\C=C\c1ccccc1O)C(=O)O.